The average molecular weight is 438 g/mol. The number of hydrogen-bond acceptors (Lipinski definition) is 5. The lowest BCUT2D eigenvalue weighted by Crippen LogP contribution is -2.40. The van der Waals surface area contributed by atoms with Crippen LogP contribution in [0.1, 0.15) is 16.8 Å². The van der Waals surface area contributed by atoms with Crippen molar-refractivity contribution in [1.29, 1.82) is 0 Å². The van der Waals surface area contributed by atoms with Crippen molar-refractivity contribution in [3.63, 3.8) is 0 Å². The zero-order chi connectivity index (χ0) is 15.4. The minimum atomic E-state index is -0.140. The van der Waals surface area contributed by atoms with E-state index in [1.165, 1.54) is 12.0 Å². The number of aromatic nitrogens is 1. The molecule has 1 fully saturated rings. The van der Waals surface area contributed by atoms with Gasteiger partial charge in [-0.15, -0.1) is 35.3 Å². The summed E-state index contributed by atoms with van der Waals surface area (Å²) in [7, 11) is 3.20. The van der Waals surface area contributed by atoms with Gasteiger partial charge in [-0.25, -0.2) is 4.98 Å². The molecule has 8 heteroatoms. The second kappa shape index (κ2) is 8.66. The molecule has 124 valence electrons. The van der Waals surface area contributed by atoms with Crippen molar-refractivity contribution in [1.82, 2.24) is 15.2 Å². The molecular formula is C14H23IN4O2S. The molecule has 0 spiro atoms. The number of hydrogen-bond donors (Lipinski definition) is 1. The highest BCUT2D eigenvalue weighted by atomic mass is 127. The molecule has 1 N–H and O–H groups in total. The van der Waals surface area contributed by atoms with E-state index >= 15 is 0 Å². The maximum atomic E-state index is 11.7. The van der Waals surface area contributed by atoms with E-state index in [0.29, 0.717) is 13.1 Å². The summed E-state index contributed by atoms with van der Waals surface area (Å²) in [6.07, 6.45) is 1.88. The van der Waals surface area contributed by atoms with Crippen LogP contribution in [-0.4, -0.2) is 49.1 Å². The van der Waals surface area contributed by atoms with Crippen LogP contribution in [0.25, 0.3) is 0 Å². The van der Waals surface area contributed by atoms with Crippen LogP contribution in [0, 0.1) is 18.8 Å². The number of ether oxygens (including phenoxy) is 1. The molecule has 2 atom stereocenters. The fourth-order valence-corrected chi connectivity index (χ4v) is 3.32. The van der Waals surface area contributed by atoms with Crippen molar-refractivity contribution >= 4 is 47.2 Å². The Morgan fingerprint density at radius 1 is 1.59 bits per heavy atom. The zero-order valence-corrected chi connectivity index (χ0v) is 16.5. The first-order valence-corrected chi connectivity index (χ1v) is 7.81. The zero-order valence-electron chi connectivity index (χ0n) is 13.3. The van der Waals surface area contributed by atoms with E-state index in [0.717, 1.165) is 17.5 Å². The van der Waals surface area contributed by atoms with Gasteiger partial charge in [0.25, 0.3) is 0 Å². The summed E-state index contributed by atoms with van der Waals surface area (Å²) in [6.45, 7) is 6.22. The monoisotopic (exact) mass is 438 g/mol. The van der Waals surface area contributed by atoms with E-state index in [1.54, 1.807) is 18.4 Å². The first-order chi connectivity index (χ1) is 10.0. The summed E-state index contributed by atoms with van der Waals surface area (Å²) in [5, 5.41) is 4.39. The van der Waals surface area contributed by atoms with Crippen molar-refractivity contribution in [2.45, 2.75) is 20.4 Å². The number of thiazole rings is 1. The molecule has 2 heterocycles. The molecule has 6 nitrogen and oxygen atoms in total. The van der Waals surface area contributed by atoms with Gasteiger partial charge in [0.2, 0.25) is 0 Å². The molecule has 0 radical (unpaired) electrons. The molecule has 1 aliphatic rings. The number of carbonyl (C=O) groups excluding carboxylic acids is 1. The van der Waals surface area contributed by atoms with E-state index in [4.69, 9.17) is 4.74 Å². The van der Waals surface area contributed by atoms with E-state index in [2.05, 4.69) is 27.1 Å². The highest BCUT2D eigenvalue weighted by Gasteiger charge is 2.36. The van der Waals surface area contributed by atoms with Crippen LogP contribution in [0.3, 0.4) is 0 Å². The van der Waals surface area contributed by atoms with Gasteiger partial charge >= 0.3 is 5.97 Å². The van der Waals surface area contributed by atoms with Gasteiger partial charge in [-0.2, -0.15) is 0 Å². The number of methoxy groups -OCH3 is 1. The largest absolute Gasteiger partial charge is 0.469 e. The van der Waals surface area contributed by atoms with Gasteiger partial charge in [-0.05, 0) is 12.8 Å². The van der Waals surface area contributed by atoms with Gasteiger partial charge in [-0.1, -0.05) is 6.92 Å². The predicted octanol–water partition coefficient (Wildman–Crippen LogP) is 1.89. The molecule has 0 saturated carbocycles. The van der Waals surface area contributed by atoms with Crippen molar-refractivity contribution in [2.75, 3.05) is 27.2 Å². The topological polar surface area (TPSA) is 66.8 Å². The molecule has 0 bridgehead atoms. The van der Waals surface area contributed by atoms with Crippen LogP contribution in [0.5, 0.6) is 0 Å². The van der Waals surface area contributed by atoms with Gasteiger partial charge in [-0.3, -0.25) is 9.79 Å². The maximum absolute atomic E-state index is 11.7. The van der Waals surface area contributed by atoms with Gasteiger partial charge in [0, 0.05) is 31.2 Å². The molecule has 2 unspecified atom stereocenters. The number of rotatable bonds is 3. The summed E-state index contributed by atoms with van der Waals surface area (Å²) in [6, 6.07) is 0. The van der Waals surface area contributed by atoms with Crippen LogP contribution in [0.4, 0.5) is 0 Å². The first kappa shape index (κ1) is 19.1. The minimum absolute atomic E-state index is 0. The molecule has 1 saturated heterocycles. The second-order valence-electron chi connectivity index (χ2n) is 5.26. The minimum Gasteiger partial charge on any atom is -0.469 e. The Morgan fingerprint density at radius 3 is 2.86 bits per heavy atom. The lowest BCUT2D eigenvalue weighted by atomic mass is 9.99. The third-order valence-electron chi connectivity index (χ3n) is 3.72. The fourth-order valence-electron chi connectivity index (χ4n) is 2.58. The molecule has 1 aliphatic heterocycles. The average Bonchev–Trinajstić information content (AvgIpc) is 3.05. The van der Waals surface area contributed by atoms with E-state index in [9.17, 15) is 4.79 Å². The van der Waals surface area contributed by atoms with Crippen LogP contribution in [0.2, 0.25) is 0 Å². The number of esters is 1. The summed E-state index contributed by atoms with van der Waals surface area (Å²) in [4.78, 5) is 23.6. The SMILES string of the molecule is CN=C(NCc1cnc(C)s1)N1CC(C)C(C(=O)OC)C1.I. The number of aliphatic imine (C=N–C) groups is 1. The molecule has 1 aromatic heterocycles. The quantitative estimate of drug-likeness (QED) is 0.338. The Balaban J connectivity index is 0.00000242. The lowest BCUT2D eigenvalue weighted by molar-refractivity contribution is -0.145. The summed E-state index contributed by atoms with van der Waals surface area (Å²) < 4.78 is 4.87. The van der Waals surface area contributed by atoms with Crippen LogP contribution < -0.4 is 5.32 Å². The summed E-state index contributed by atoms with van der Waals surface area (Å²) in [5.41, 5.74) is 0. The van der Waals surface area contributed by atoms with Gasteiger partial charge in [0.1, 0.15) is 0 Å². The third kappa shape index (κ3) is 4.55. The number of aryl methyl sites for hydroxylation is 1. The molecule has 1 aromatic rings. The van der Waals surface area contributed by atoms with Gasteiger partial charge in [0.15, 0.2) is 5.96 Å². The molecule has 22 heavy (non-hydrogen) atoms. The number of likely N-dealkylation sites (tertiary alicyclic amines) is 1. The molecule has 0 amide bonds. The molecular weight excluding hydrogens is 415 g/mol. The molecule has 2 rings (SSSR count). The van der Waals surface area contributed by atoms with E-state index in [-0.39, 0.29) is 41.8 Å². The van der Waals surface area contributed by atoms with Crippen molar-refractivity contribution in [3.8, 4) is 0 Å². The third-order valence-corrected chi connectivity index (χ3v) is 4.63. The molecule has 0 aromatic carbocycles. The van der Waals surface area contributed by atoms with Gasteiger partial charge in [0.05, 0.1) is 24.6 Å². The number of nitrogens with one attached hydrogen (secondary N) is 1. The standard InChI is InChI=1S/C14H22N4O2S.HI/c1-9-7-18(8-12(9)13(19)20-4)14(15-3)17-6-11-5-16-10(2)21-11;/h5,9,12H,6-8H2,1-4H3,(H,15,17);1H. The Bertz CT molecular complexity index is 535. The number of guanidine groups is 1. The van der Waals surface area contributed by atoms with Crippen molar-refractivity contribution in [2.24, 2.45) is 16.8 Å². The summed E-state index contributed by atoms with van der Waals surface area (Å²) in [5.74, 6) is 0.860. The second-order valence-corrected chi connectivity index (χ2v) is 6.58. The Labute approximate surface area is 152 Å². The number of halogens is 1. The highest BCUT2D eigenvalue weighted by Crippen LogP contribution is 2.24. The van der Waals surface area contributed by atoms with Crippen LogP contribution in [0.15, 0.2) is 11.2 Å². The van der Waals surface area contributed by atoms with Crippen LogP contribution >= 0.6 is 35.3 Å². The fraction of sp³-hybridized carbons (Fsp3) is 0.643. The number of nitrogens with zero attached hydrogens (tertiary/aromatic N) is 3. The Morgan fingerprint density at radius 2 is 2.32 bits per heavy atom. The van der Waals surface area contributed by atoms with E-state index in [1.807, 2.05) is 13.1 Å². The van der Waals surface area contributed by atoms with Crippen molar-refractivity contribution < 1.29 is 9.53 Å². The van der Waals surface area contributed by atoms with Crippen LogP contribution in [-0.2, 0) is 16.1 Å². The normalized spacial score (nSPS) is 21.5. The summed E-state index contributed by atoms with van der Waals surface area (Å²) >= 11 is 1.67. The Hall–Kier alpha value is -0.900. The predicted molar refractivity (Wildman–Crippen MR) is 98.7 cm³/mol. The maximum Gasteiger partial charge on any atom is 0.310 e. The molecule has 0 aliphatic carbocycles. The smallest absolute Gasteiger partial charge is 0.310 e. The van der Waals surface area contributed by atoms with Crippen molar-refractivity contribution in [3.05, 3.63) is 16.1 Å². The Kier molecular flexibility index (Phi) is 7.54. The highest BCUT2D eigenvalue weighted by molar-refractivity contribution is 14.0. The lowest BCUT2D eigenvalue weighted by Gasteiger charge is -2.21. The van der Waals surface area contributed by atoms with Gasteiger partial charge < -0.3 is 15.0 Å². The van der Waals surface area contributed by atoms with E-state index < -0.39 is 0 Å². The number of carbonyl (C=O) groups is 1. The first-order valence-electron chi connectivity index (χ1n) is 7.00.